The minimum atomic E-state index is -0.524. The Morgan fingerprint density at radius 2 is 2.43 bits per heavy atom. The van der Waals surface area contributed by atoms with Gasteiger partial charge in [0.2, 0.25) is 0 Å². The molecule has 0 aliphatic carbocycles. The van der Waals surface area contributed by atoms with E-state index in [1.165, 1.54) is 12.1 Å². The van der Waals surface area contributed by atoms with Crippen molar-refractivity contribution >= 4 is 17.5 Å². The van der Waals surface area contributed by atoms with Crippen molar-refractivity contribution in [3.63, 3.8) is 0 Å². The highest BCUT2D eigenvalue weighted by Gasteiger charge is 2.11. The lowest BCUT2D eigenvalue weighted by Gasteiger charge is -2.07. The summed E-state index contributed by atoms with van der Waals surface area (Å²) in [5.41, 5.74) is 0. The molecule has 0 fully saturated rings. The smallest absolute Gasteiger partial charge is 0.287 e. The Morgan fingerprint density at radius 1 is 1.71 bits per heavy atom. The summed E-state index contributed by atoms with van der Waals surface area (Å²) in [6.07, 6.45) is 0.0727. The molecule has 78 valence electrons. The molecule has 1 rings (SSSR count). The zero-order valence-corrected chi connectivity index (χ0v) is 8.54. The number of hydrogen-bond acceptors (Lipinski definition) is 3. The molecule has 0 radical (unpaired) electrons. The van der Waals surface area contributed by atoms with E-state index in [-0.39, 0.29) is 23.4 Å². The van der Waals surface area contributed by atoms with Crippen LogP contribution in [0.5, 0.6) is 0 Å². The molecule has 0 aliphatic rings. The van der Waals surface area contributed by atoms with Gasteiger partial charge in [0.15, 0.2) is 11.0 Å². The Morgan fingerprint density at radius 3 is 2.93 bits per heavy atom. The molecule has 1 amide bonds. The Bertz CT molecular complexity index is 311. The van der Waals surface area contributed by atoms with Gasteiger partial charge in [-0.3, -0.25) is 4.79 Å². The standard InChI is InChI=1S/C9H12ClNO3/c1-2-6(12)5-11-9(13)7-3-4-8(10)14-7/h3-4,6,12H,2,5H2,1H3,(H,11,13). The number of hydrogen-bond donors (Lipinski definition) is 2. The Hall–Kier alpha value is -1.00. The van der Waals surface area contributed by atoms with Gasteiger partial charge in [-0.25, -0.2) is 0 Å². The van der Waals surface area contributed by atoms with Crippen LogP contribution in [-0.2, 0) is 0 Å². The molecule has 2 N–H and O–H groups in total. The Labute approximate surface area is 86.9 Å². The van der Waals surface area contributed by atoms with Crippen molar-refractivity contribution in [3.8, 4) is 0 Å². The maximum Gasteiger partial charge on any atom is 0.287 e. The van der Waals surface area contributed by atoms with Crippen molar-refractivity contribution in [1.29, 1.82) is 0 Å². The number of aliphatic hydroxyl groups is 1. The van der Waals surface area contributed by atoms with Crippen LogP contribution < -0.4 is 5.32 Å². The fourth-order valence-electron chi connectivity index (χ4n) is 0.878. The van der Waals surface area contributed by atoms with Crippen molar-refractivity contribution in [2.45, 2.75) is 19.4 Å². The molecule has 0 bridgehead atoms. The zero-order chi connectivity index (χ0) is 10.6. The topological polar surface area (TPSA) is 62.5 Å². The van der Waals surface area contributed by atoms with E-state index in [0.717, 1.165) is 0 Å². The van der Waals surface area contributed by atoms with E-state index in [9.17, 15) is 9.90 Å². The van der Waals surface area contributed by atoms with Crippen molar-refractivity contribution < 1.29 is 14.3 Å². The minimum Gasteiger partial charge on any atom is -0.440 e. The number of furan rings is 1. The van der Waals surface area contributed by atoms with Gasteiger partial charge in [-0.2, -0.15) is 0 Å². The highest BCUT2D eigenvalue weighted by molar-refractivity contribution is 6.29. The van der Waals surface area contributed by atoms with Crippen LogP contribution in [0.15, 0.2) is 16.5 Å². The highest BCUT2D eigenvalue weighted by atomic mass is 35.5. The van der Waals surface area contributed by atoms with Gasteiger partial charge in [-0.15, -0.1) is 0 Å². The number of carbonyl (C=O) groups is 1. The number of rotatable bonds is 4. The van der Waals surface area contributed by atoms with Crippen LogP contribution in [0.25, 0.3) is 0 Å². The molecule has 1 unspecified atom stereocenters. The van der Waals surface area contributed by atoms with Gasteiger partial charge in [-0.05, 0) is 30.2 Å². The zero-order valence-electron chi connectivity index (χ0n) is 7.79. The second kappa shape index (κ2) is 5.02. The van der Waals surface area contributed by atoms with Crippen molar-refractivity contribution in [3.05, 3.63) is 23.1 Å². The number of carbonyl (C=O) groups excluding carboxylic acids is 1. The molecular formula is C9H12ClNO3. The van der Waals surface area contributed by atoms with Crippen LogP contribution in [0.3, 0.4) is 0 Å². The summed E-state index contributed by atoms with van der Waals surface area (Å²) < 4.78 is 4.88. The summed E-state index contributed by atoms with van der Waals surface area (Å²) in [6.45, 7) is 2.05. The van der Waals surface area contributed by atoms with E-state index in [2.05, 4.69) is 5.32 Å². The summed E-state index contributed by atoms with van der Waals surface area (Å²) in [7, 11) is 0. The van der Waals surface area contributed by atoms with Crippen LogP contribution in [0, 0.1) is 0 Å². The predicted octanol–water partition coefficient (Wildman–Crippen LogP) is 1.43. The molecule has 1 atom stereocenters. The number of nitrogens with one attached hydrogen (secondary N) is 1. The third-order valence-corrected chi connectivity index (χ3v) is 1.97. The second-order valence-corrected chi connectivity index (χ2v) is 3.25. The first kappa shape index (κ1) is 11.1. The number of amides is 1. The normalized spacial score (nSPS) is 12.5. The van der Waals surface area contributed by atoms with Gasteiger partial charge in [0, 0.05) is 6.54 Å². The van der Waals surface area contributed by atoms with Crippen LogP contribution in [-0.4, -0.2) is 23.7 Å². The predicted molar refractivity (Wildman–Crippen MR) is 52.3 cm³/mol. The van der Waals surface area contributed by atoms with Crippen molar-refractivity contribution in [1.82, 2.24) is 5.32 Å². The van der Waals surface area contributed by atoms with E-state index in [1.807, 2.05) is 6.92 Å². The van der Waals surface area contributed by atoms with Gasteiger partial charge in [-0.1, -0.05) is 6.92 Å². The summed E-state index contributed by atoms with van der Waals surface area (Å²) in [5.74, 6) is -0.220. The van der Waals surface area contributed by atoms with Gasteiger partial charge in [0.25, 0.3) is 5.91 Å². The summed E-state index contributed by atoms with van der Waals surface area (Å²) in [6, 6.07) is 2.97. The van der Waals surface area contributed by atoms with Crippen LogP contribution >= 0.6 is 11.6 Å². The average molecular weight is 218 g/mol. The highest BCUT2D eigenvalue weighted by Crippen LogP contribution is 2.12. The monoisotopic (exact) mass is 217 g/mol. The lowest BCUT2D eigenvalue weighted by Crippen LogP contribution is -2.31. The van der Waals surface area contributed by atoms with Crippen molar-refractivity contribution in [2.24, 2.45) is 0 Å². The summed E-state index contributed by atoms with van der Waals surface area (Å²) in [4.78, 5) is 11.3. The van der Waals surface area contributed by atoms with Crippen LogP contribution in [0.1, 0.15) is 23.9 Å². The molecule has 0 aliphatic heterocycles. The fraction of sp³-hybridized carbons (Fsp3) is 0.444. The third kappa shape index (κ3) is 3.05. The molecule has 0 aromatic carbocycles. The van der Waals surface area contributed by atoms with E-state index >= 15 is 0 Å². The first-order valence-corrected chi connectivity index (χ1v) is 4.73. The summed E-state index contributed by atoms with van der Waals surface area (Å²) >= 11 is 5.50. The molecule has 1 heterocycles. The van der Waals surface area contributed by atoms with E-state index in [1.54, 1.807) is 0 Å². The van der Waals surface area contributed by atoms with Gasteiger partial charge < -0.3 is 14.8 Å². The minimum absolute atomic E-state index is 0.151. The van der Waals surface area contributed by atoms with Gasteiger partial charge >= 0.3 is 0 Å². The second-order valence-electron chi connectivity index (χ2n) is 2.88. The van der Waals surface area contributed by atoms with E-state index in [4.69, 9.17) is 16.0 Å². The van der Waals surface area contributed by atoms with Crippen LogP contribution in [0.2, 0.25) is 5.22 Å². The molecule has 14 heavy (non-hydrogen) atoms. The molecule has 1 aromatic heterocycles. The molecule has 0 spiro atoms. The van der Waals surface area contributed by atoms with Crippen LogP contribution in [0.4, 0.5) is 0 Å². The third-order valence-electron chi connectivity index (χ3n) is 1.77. The first-order chi connectivity index (χ1) is 6.63. The fourth-order valence-corrected chi connectivity index (χ4v) is 1.02. The number of halogens is 1. The molecule has 4 nitrogen and oxygen atoms in total. The van der Waals surface area contributed by atoms with Crippen molar-refractivity contribution in [2.75, 3.05) is 6.54 Å². The quantitative estimate of drug-likeness (QED) is 0.802. The van der Waals surface area contributed by atoms with Gasteiger partial charge in [0.05, 0.1) is 6.10 Å². The van der Waals surface area contributed by atoms with E-state index in [0.29, 0.717) is 6.42 Å². The average Bonchev–Trinajstić information content (AvgIpc) is 2.60. The molecule has 5 heteroatoms. The maximum atomic E-state index is 11.3. The number of aliphatic hydroxyl groups excluding tert-OH is 1. The Balaban J connectivity index is 2.43. The summed E-state index contributed by atoms with van der Waals surface area (Å²) in [5, 5.41) is 11.9. The lowest BCUT2D eigenvalue weighted by atomic mass is 10.3. The Kier molecular flexibility index (Phi) is 3.98. The van der Waals surface area contributed by atoms with E-state index < -0.39 is 6.10 Å². The molecule has 0 saturated carbocycles. The maximum absolute atomic E-state index is 11.3. The largest absolute Gasteiger partial charge is 0.440 e. The molecular weight excluding hydrogens is 206 g/mol. The lowest BCUT2D eigenvalue weighted by molar-refractivity contribution is 0.0887. The molecule has 0 saturated heterocycles. The molecule has 1 aromatic rings. The van der Waals surface area contributed by atoms with Gasteiger partial charge in [0.1, 0.15) is 0 Å². The SMILES string of the molecule is CCC(O)CNC(=O)c1ccc(Cl)o1. The first-order valence-electron chi connectivity index (χ1n) is 4.35.